The quantitative estimate of drug-likeness (QED) is 0.498. The van der Waals surface area contributed by atoms with Crippen LogP contribution in [0.15, 0.2) is 61.1 Å². The summed E-state index contributed by atoms with van der Waals surface area (Å²) in [4.78, 5) is 35.0. The predicted molar refractivity (Wildman–Crippen MR) is 123 cm³/mol. The maximum absolute atomic E-state index is 13.1. The lowest BCUT2D eigenvalue weighted by atomic mass is 10.0. The van der Waals surface area contributed by atoms with E-state index < -0.39 is 0 Å². The number of nitrogens with zero attached hydrogens (tertiary/aromatic N) is 3. The predicted octanol–water partition coefficient (Wildman–Crippen LogP) is 4.60. The number of methoxy groups -OCH3 is 1. The van der Waals surface area contributed by atoms with Crippen molar-refractivity contribution in [2.45, 2.75) is 6.92 Å². The van der Waals surface area contributed by atoms with Gasteiger partial charge in [0.2, 0.25) is 11.8 Å². The third-order valence-electron chi connectivity index (χ3n) is 4.79. The van der Waals surface area contributed by atoms with Crippen LogP contribution in [-0.4, -0.2) is 35.9 Å². The van der Waals surface area contributed by atoms with Gasteiger partial charge < -0.3 is 15.0 Å². The Balaban J connectivity index is 1.67. The number of amides is 2. The van der Waals surface area contributed by atoms with Gasteiger partial charge >= 0.3 is 0 Å². The van der Waals surface area contributed by atoms with E-state index in [1.165, 1.54) is 25.4 Å². The van der Waals surface area contributed by atoms with Crippen LogP contribution < -0.4 is 15.0 Å². The Kier molecular flexibility index (Phi) is 5.64. The van der Waals surface area contributed by atoms with E-state index in [-0.39, 0.29) is 11.8 Å². The summed E-state index contributed by atoms with van der Waals surface area (Å²) in [5, 5.41) is 3.71. The first-order valence-corrected chi connectivity index (χ1v) is 10.3. The molecule has 0 radical (unpaired) electrons. The molecule has 1 aromatic carbocycles. The number of fused-ring (bicyclic) bond motifs is 1. The second-order valence-electron chi connectivity index (χ2n) is 6.89. The maximum Gasteiger partial charge on any atom is 0.268 e. The van der Waals surface area contributed by atoms with E-state index in [4.69, 9.17) is 4.74 Å². The van der Waals surface area contributed by atoms with Crippen LogP contribution in [0.3, 0.4) is 0 Å². The summed E-state index contributed by atoms with van der Waals surface area (Å²) in [5.74, 6) is 0.206. The Bertz CT molecular complexity index is 1270. The van der Waals surface area contributed by atoms with Gasteiger partial charge in [-0.05, 0) is 29.8 Å². The number of thiophene rings is 1. The summed E-state index contributed by atoms with van der Waals surface area (Å²) in [6, 6.07) is 12.9. The minimum atomic E-state index is -0.124. The van der Waals surface area contributed by atoms with Crippen molar-refractivity contribution in [1.82, 2.24) is 9.97 Å². The highest BCUT2D eigenvalue weighted by atomic mass is 32.1. The molecule has 0 saturated carbocycles. The molecular formula is C23H20N4O3S. The van der Waals surface area contributed by atoms with E-state index in [1.54, 1.807) is 42.7 Å². The van der Waals surface area contributed by atoms with E-state index in [0.717, 1.165) is 26.9 Å². The fourth-order valence-electron chi connectivity index (χ4n) is 3.23. The molecule has 0 atom stereocenters. The normalized spacial score (nSPS) is 10.7. The van der Waals surface area contributed by atoms with Crippen LogP contribution in [0.4, 0.5) is 11.4 Å². The molecule has 2 amide bonds. The van der Waals surface area contributed by atoms with Crippen LogP contribution in [0.1, 0.15) is 16.6 Å². The zero-order chi connectivity index (χ0) is 22.0. The van der Waals surface area contributed by atoms with Crippen molar-refractivity contribution >= 4 is 44.6 Å². The van der Waals surface area contributed by atoms with Crippen molar-refractivity contribution in [2.24, 2.45) is 0 Å². The van der Waals surface area contributed by atoms with Crippen molar-refractivity contribution in [2.75, 3.05) is 24.4 Å². The van der Waals surface area contributed by atoms with Crippen LogP contribution in [-0.2, 0) is 4.79 Å². The molecule has 1 N–H and O–H groups in total. The monoisotopic (exact) mass is 432 g/mol. The van der Waals surface area contributed by atoms with Crippen molar-refractivity contribution in [1.29, 1.82) is 0 Å². The zero-order valence-electron chi connectivity index (χ0n) is 17.2. The van der Waals surface area contributed by atoms with Gasteiger partial charge in [-0.15, -0.1) is 11.3 Å². The summed E-state index contributed by atoms with van der Waals surface area (Å²) in [6.07, 6.45) is 5.16. The Hall–Kier alpha value is -3.78. The molecule has 3 aromatic heterocycles. The third kappa shape index (κ3) is 4.24. The molecule has 0 unspecified atom stereocenters. The number of carbonyl (C=O) groups excluding carboxylic acids is 2. The Morgan fingerprint density at radius 2 is 1.87 bits per heavy atom. The van der Waals surface area contributed by atoms with E-state index in [2.05, 4.69) is 15.3 Å². The molecule has 4 aromatic rings. The van der Waals surface area contributed by atoms with Gasteiger partial charge in [0.05, 0.1) is 22.4 Å². The Labute approximate surface area is 183 Å². The highest BCUT2D eigenvalue weighted by Gasteiger charge is 2.19. The number of rotatable bonds is 5. The summed E-state index contributed by atoms with van der Waals surface area (Å²) in [6.45, 7) is 1.47. The lowest BCUT2D eigenvalue weighted by Crippen LogP contribution is -2.25. The van der Waals surface area contributed by atoms with Gasteiger partial charge in [-0.2, -0.15) is 0 Å². The zero-order valence-corrected chi connectivity index (χ0v) is 18.1. The summed E-state index contributed by atoms with van der Waals surface area (Å²) in [5.41, 5.74) is 3.31. The van der Waals surface area contributed by atoms with Gasteiger partial charge in [0.25, 0.3) is 5.91 Å². The number of carbonyl (C=O) groups is 2. The van der Waals surface area contributed by atoms with Crippen molar-refractivity contribution in [3.05, 3.63) is 65.9 Å². The molecule has 156 valence electrons. The number of anilines is 2. The van der Waals surface area contributed by atoms with E-state index >= 15 is 0 Å². The molecule has 8 heteroatoms. The van der Waals surface area contributed by atoms with Gasteiger partial charge in [-0.3, -0.25) is 14.6 Å². The molecule has 0 fully saturated rings. The standard InChI is InChI=1S/C23H20N4O3S/c1-14(28)26-16-6-4-15(5-7-16)19-12-24-13-21-18(19)11-20(31-21)23(29)27(2)17-8-9-25-22(10-17)30-3/h4-13H,1-3H3,(H,26,28). The first-order chi connectivity index (χ1) is 15.0. The molecular weight excluding hydrogens is 412 g/mol. The number of ether oxygens (including phenoxy) is 1. The largest absolute Gasteiger partial charge is 0.481 e. The summed E-state index contributed by atoms with van der Waals surface area (Å²) < 4.78 is 6.08. The van der Waals surface area contributed by atoms with Gasteiger partial charge in [0, 0.05) is 55.3 Å². The molecule has 7 nitrogen and oxygen atoms in total. The first-order valence-electron chi connectivity index (χ1n) is 9.50. The number of hydrogen-bond acceptors (Lipinski definition) is 6. The van der Waals surface area contributed by atoms with E-state index in [9.17, 15) is 9.59 Å². The van der Waals surface area contributed by atoms with Gasteiger partial charge in [0.1, 0.15) is 0 Å². The Morgan fingerprint density at radius 3 is 2.58 bits per heavy atom. The van der Waals surface area contributed by atoms with Crippen LogP contribution in [0, 0.1) is 0 Å². The number of benzene rings is 1. The minimum absolute atomic E-state index is 0.117. The molecule has 0 spiro atoms. The highest BCUT2D eigenvalue weighted by Crippen LogP contribution is 2.34. The molecule has 4 rings (SSSR count). The number of pyridine rings is 2. The topological polar surface area (TPSA) is 84.4 Å². The molecule has 31 heavy (non-hydrogen) atoms. The van der Waals surface area contributed by atoms with Crippen molar-refractivity contribution < 1.29 is 14.3 Å². The highest BCUT2D eigenvalue weighted by molar-refractivity contribution is 7.21. The molecule has 0 aliphatic rings. The number of hydrogen-bond donors (Lipinski definition) is 1. The number of nitrogens with one attached hydrogen (secondary N) is 1. The van der Waals surface area contributed by atoms with Crippen molar-refractivity contribution in [3.8, 4) is 17.0 Å². The van der Waals surface area contributed by atoms with Crippen molar-refractivity contribution in [3.63, 3.8) is 0 Å². The van der Waals surface area contributed by atoms with Gasteiger partial charge in [0.15, 0.2) is 0 Å². The van der Waals surface area contributed by atoms with Gasteiger partial charge in [-0.1, -0.05) is 12.1 Å². The lowest BCUT2D eigenvalue weighted by molar-refractivity contribution is -0.114. The fourth-order valence-corrected chi connectivity index (χ4v) is 4.26. The first kappa shape index (κ1) is 20.5. The van der Waals surface area contributed by atoms with Crippen LogP contribution in [0.2, 0.25) is 0 Å². The second kappa shape index (κ2) is 8.53. The molecule has 3 heterocycles. The molecule has 0 saturated heterocycles. The summed E-state index contributed by atoms with van der Waals surface area (Å²) in [7, 11) is 3.26. The van der Waals surface area contributed by atoms with E-state index in [1.807, 2.05) is 30.3 Å². The third-order valence-corrected chi connectivity index (χ3v) is 5.85. The SMILES string of the molecule is COc1cc(N(C)C(=O)c2cc3c(-c4ccc(NC(C)=O)cc4)cncc3s2)ccn1. The summed E-state index contributed by atoms with van der Waals surface area (Å²) >= 11 is 1.40. The van der Waals surface area contributed by atoms with Gasteiger partial charge in [-0.25, -0.2) is 4.98 Å². The molecule has 0 aliphatic heterocycles. The fraction of sp³-hybridized carbons (Fsp3) is 0.130. The van der Waals surface area contributed by atoms with Crippen LogP contribution in [0.25, 0.3) is 21.2 Å². The molecule has 0 bridgehead atoms. The van der Waals surface area contributed by atoms with Crippen LogP contribution in [0.5, 0.6) is 5.88 Å². The Morgan fingerprint density at radius 1 is 1.10 bits per heavy atom. The number of aromatic nitrogens is 2. The average Bonchev–Trinajstić information content (AvgIpc) is 3.23. The maximum atomic E-state index is 13.1. The van der Waals surface area contributed by atoms with E-state index in [0.29, 0.717) is 16.4 Å². The molecule has 0 aliphatic carbocycles. The minimum Gasteiger partial charge on any atom is -0.481 e. The average molecular weight is 433 g/mol. The lowest BCUT2D eigenvalue weighted by Gasteiger charge is -2.16. The second-order valence-corrected chi connectivity index (χ2v) is 7.97. The van der Waals surface area contributed by atoms with Crippen LogP contribution >= 0.6 is 11.3 Å². The smallest absolute Gasteiger partial charge is 0.268 e.